The molecular weight excluding hydrogens is 278 g/mol. The molecule has 1 atom stereocenters. The van der Waals surface area contributed by atoms with Gasteiger partial charge in [0, 0.05) is 36.2 Å². The first-order chi connectivity index (χ1) is 10.6. The van der Waals surface area contributed by atoms with Crippen LogP contribution in [0.2, 0.25) is 0 Å². The molecule has 1 aliphatic heterocycles. The van der Waals surface area contributed by atoms with Gasteiger partial charge in [0.25, 0.3) is 0 Å². The number of carbonyl (C=O) groups is 1. The number of hydrogen-bond donors (Lipinski definition) is 1. The van der Waals surface area contributed by atoms with E-state index in [1.807, 2.05) is 28.8 Å². The number of aryl methyl sites for hydroxylation is 1. The Labute approximate surface area is 129 Å². The van der Waals surface area contributed by atoms with Crippen molar-refractivity contribution in [1.29, 1.82) is 0 Å². The summed E-state index contributed by atoms with van der Waals surface area (Å²) in [6.45, 7) is 2.05. The second-order valence-electron chi connectivity index (χ2n) is 6.45. The van der Waals surface area contributed by atoms with Crippen molar-refractivity contribution in [3.05, 3.63) is 29.2 Å². The number of amides is 1. The zero-order valence-corrected chi connectivity index (χ0v) is 13.0. The van der Waals surface area contributed by atoms with Crippen molar-refractivity contribution >= 4 is 11.7 Å². The smallest absolute Gasteiger partial charge is 0.226 e. The predicted molar refractivity (Wildman–Crippen MR) is 82.8 cm³/mol. The first-order valence-corrected chi connectivity index (χ1v) is 8.01. The van der Waals surface area contributed by atoms with Crippen molar-refractivity contribution in [3.8, 4) is 0 Å². The molecule has 1 saturated carbocycles. The molecular formula is C16H21N5O. The zero-order valence-electron chi connectivity index (χ0n) is 13.0. The summed E-state index contributed by atoms with van der Waals surface area (Å²) in [6, 6.07) is 0.429. The van der Waals surface area contributed by atoms with E-state index in [-0.39, 0.29) is 11.8 Å². The quantitative estimate of drug-likeness (QED) is 0.926. The first-order valence-electron chi connectivity index (χ1n) is 8.01. The maximum atomic E-state index is 12.2. The predicted octanol–water partition coefficient (Wildman–Crippen LogP) is 2.51. The summed E-state index contributed by atoms with van der Waals surface area (Å²) >= 11 is 0. The van der Waals surface area contributed by atoms with Gasteiger partial charge in [-0.1, -0.05) is 12.8 Å². The Balaban J connectivity index is 1.78. The summed E-state index contributed by atoms with van der Waals surface area (Å²) in [5.41, 5.74) is 3.37. The number of nitrogens with one attached hydrogen (secondary N) is 1. The molecule has 0 saturated heterocycles. The average molecular weight is 299 g/mol. The van der Waals surface area contributed by atoms with Gasteiger partial charge in [0.05, 0.1) is 18.4 Å². The zero-order chi connectivity index (χ0) is 15.3. The van der Waals surface area contributed by atoms with Crippen LogP contribution in [-0.2, 0) is 11.8 Å². The third-order valence-corrected chi connectivity index (χ3v) is 5.17. The molecule has 0 aromatic carbocycles. The van der Waals surface area contributed by atoms with E-state index in [9.17, 15) is 4.79 Å². The Kier molecular flexibility index (Phi) is 3.06. The number of nitrogens with zero attached hydrogens (tertiary/aromatic N) is 4. The van der Waals surface area contributed by atoms with Gasteiger partial charge in [0.15, 0.2) is 0 Å². The highest BCUT2D eigenvalue weighted by molar-refractivity contribution is 5.94. The summed E-state index contributed by atoms with van der Waals surface area (Å²) in [6.07, 6.45) is 9.09. The molecule has 1 aliphatic carbocycles. The van der Waals surface area contributed by atoms with E-state index in [1.165, 1.54) is 12.8 Å². The van der Waals surface area contributed by atoms with E-state index < -0.39 is 0 Å². The van der Waals surface area contributed by atoms with Crippen LogP contribution in [0.25, 0.3) is 0 Å². The maximum absolute atomic E-state index is 12.2. The lowest BCUT2D eigenvalue weighted by Crippen LogP contribution is -2.25. The molecule has 1 amide bonds. The number of aromatic nitrogens is 4. The number of rotatable bonds is 2. The number of anilines is 1. The Hall–Kier alpha value is -2.11. The van der Waals surface area contributed by atoms with Gasteiger partial charge in [-0.25, -0.2) is 4.68 Å². The largest absolute Gasteiger partial charge is 0.311 e. The lowest BCUT2D eigenvalue weighted by Gasteiger charge is -2.24. The van der Waals surface area contributed by atoms with Crippen molar-refractivity contribution in [2.75, 3.05) is 5.32 Å². The summed E-state index contributed by atoms with van der Waals surface area (Å²) in [7, 11) is 1.94. The lowest BCUT2D eigenvalue weighted by molar-refractivity contribution is -0.116. The minimum absolute atomic E-state index is 0.0626. The molecule has 3 heterocycles. The van der Waals surface area contributed by atoms with Gasteiger partial charge >= 0.3 is 0 Å². The fraction of sp³-hybridized carbons (Fsp3) is 0.562. The molecule has 1 N–H and O–H groups in total. The summed E-state index contributed by atoms with van der Waals surface area (Å²) in [5, 5.41) is 12.0. The van der Waals surface area contributed by atoms with Gasteiger partial charge < -0.3 is 5.32 Å². The van der Waals surface area contributed by atoms with Crippen LogP contribution in [0.15, 0.2) is 12.4 Å². The normalized spacial score (nSPS) is 21.9. The number of hydrogen-bond acceptors (Lipinski definition) is 3. The van der Waals surface area contributed by atoms with Gasteiger partial charge in [-0.3, -0.25) is 9.48 Å². The van der Waals surface area contributed by atoms with Crippen molar-refractivity contribution in [3.63, 3.8) is 0 Å². The first kappa shape index (κ1) is 13.5. The Morgan fingerprint density at radius 3 is 2.59 bits per heavy atom. The van der Waals surface area contributed by atoms with Crippen LogP contribution >= 0.6 is 0 Å². The number of fused-ring (bicyclic) bond motifs is 1. The number of carbonyl (C=O) groups excluding carboxylic acids is 1. The molecule has 0 radical (unpaired) electrons. The maximum Gasteiger partial charge on any atom is 0.226 e. The molecule has 1 fully saturated rings. The van der Waals surface area contributed by atoms with Crippen molar-refractivity contribution in [1.82, 2.24) is 19.6 Å². The van der Waals surface area contributed by atoms with Gasteiger partial charge in [-0.2, -0.15) is 10.2 Å². The standard InChI is InChI=1S/C16H21N5O/c1-10-13(8-17-20(10)2)12-7-15(22)19-16-14(12)9-18-21(16)11-5-3-4-6-11/h8-9,11-12H,3-7H2,1-2H3,(H,19,22)/t12-/m1/s1. The molecule has 2 aliphatic rings. The fourth-order valence-corrected chi connectivity index (χ4v) is 3.80. The molecule has 2 aromatic rings. The summed E-state index contributed by atoms with van der Waals surface area (Å²) in [4.78, 5) is 12.2. The van der Waals surface area contributed by atoms with Crippen LogP contribution in [0.1, 0.15) is 60.9 Å². The molecule has 0 bridgehead atoms. The Morgan fingerprint density at radius 1 is 1.18 bits per heavy atom. The van der Waals surface area contributed by atoms with Gasteiger partial charge in [0.2, 0.25) is 5.91 Å². The molecule has 2 aromatic heterocycles. The van der Waals surface area contributed by atoms with E-state index in [4.69, 9.17) is 0 Å². The summed E-state index contributed by atoms with van der Waals surface area (Å²) < 4.78 is 3.90. The highest BCUT2D eigenvalue weighted by Gasteiger charge is 2.33. The Bertz CT molecular complexity index is 723. The summed E-state index contributed by atoms with van der Waals surface area (Å²) in [5.74, 6) is 1.03. The van der Waals surface area contributed by atoms with Crippen LogP contribution in [0.4, 0.5) is 5.82 Å². The van der Waals surface area contributed by atoms with Crippen LogP contribution in [0.5, 0.6) is 0 Å². The van der Waals surface area contributed by atoms with Crippen molar-refractivity contribution < 1.29 is 4.79 Å². The SMILES string of the molecule is Cc1c([C@H]2CC(=O)Nc3c2cnn3C2CCCC2)cnn1C. The van der Waals surface area contributed by atoms with Crippen LogP contribution in [0.3, 0.4) is 0 Å². The van der Waals surface area contributed by atoms with E-state index in [2.05, 4.69) is 22.4 Å². The van der Waals surface area contributed by atoms with Crippen LogP contribution < -0.4 is 5.32 Å². The topological polar surface area (TPSA) is 64.7 Å². The molecule has 4 rings (SSSR count). The second kappa shape index (κ2) is 4.97. The van der Waals surface area contributed by atoms with Crippen LogP contribution in [0, 0.1) is 6.92 Å². The molecule has 116 valence electrons. The molecule has 6 nitrogen and oxygen atoms in total. The molecule has 0 spiro atoms. The molecule has 22 heavy (non-hydrogen) atoms. The third-order valence-electron chi connectivity index (χ3n) is 5.17. The minimum atomic E-state index is 0.0626. The molecule has 0 unspecified atom stereocenters. The van der Waals surface area contributed by atoms with E-state index in [0.717, 1.165) is 35.5 Å². The van der Waals surface area contributed by atoms with Gasteiger partial charge in [-0.15, -0.1) is 0 Å². The fourth-order valence-electron chi connectivity index (χ4n) is 3.80. The highest BCUT2D eigenvalue weighted by atomic mass is 16.1. The van der Waals surface area contributed by atoms with E-state index in [0.29, 0.717) is 12.5 Å². The van der Waals surface area contributed by atoms with Gasteiger partial charge in [-0.05, 0) is 19.8 Å². The van der Waals surface area contributed by atoms with E-state index >= 15 is 0 Å². The van der Waals surface area contributed by atoms with Gasteiger partial charge in [0.1, 0.15) is 5.82 Å². The monoisotopic (exact) mass is 299 g/mol. The van der Waals surface area contributed by atoms with Crippen molar-refractivity contribution in [2.24, 2.45) is 7.05 Å². The lowest BCUT2D eigenvalue weighted by atomic mass is 9.87. The second-order valence-corrected chi connectivity index (χ2v) is 6.45. The van der Waals surface area contributed by atoms with E-state index in [1.54, 1.807) is 0 Å². The Morgan fingerprint density at radius 2 is 1.91 bits per heavy atom. The average Bonchev–Trinajstić information content (AvgIpc) is 3.20. The third kappa shape index (κ3) is 1.97. The molecule has 6 heteroatoms. The highest BCUT2D eigenvalue weighted by Crippen LogP contribution is 2.41. The van der Waals surface area contributed by atoms with Crippen LogP contribution in [-0.4, -0.2) is 25.5 Å². The minimum Gasteiger partial charge on any atom is -0.311 e. The van der Waals surface area contributed by atoms with Crippen molar-refractivity contribution in [2.45, 2.75) is 51.0 Å².